The first kappa shape index (κ1) is 15.4. The maximum absolute atomic E-state index is 12.6. The number of ether oxygens (including phenoxy) is 1. The molecule has 6 nitrogen and oxygen atoms in total. The third-order valence-electron chi connectivity index (χ3n) is 3.80. The van der Waals surface area contributed by atoms with Crippen molar-refractivity contribution in [2.75, 3.05) is 38.3 Å². The van der Waals surface area contributed by atoms with Crippen LogP contribution in [0.15, 0.2) is 36.4 Å². The summed E-state index contributed by atoms with van der Waals surface area (Å²) in [6, 6.07) is 11.6. The number of morpholine rings is 1. The number of aromatic nitrogens is 2. The molecule has 0 atom stereocenters. The van der Waals surface area contributed by atoms with Crippen LogP contribution in [0.5, 0.6) is 0 Å². The van der Waals surface area contributed by atoms with E-state index in [1.165, 1.54) is 0 Å². The van der Waals surface area contributed by atoms with Gasteiger partial charge in [-0.05, 0) is 25.1 Å². The molecule has 2 heterocycles. The van der Waals surface area contributed by atoms with Crippen molar-refractivity contribution in [3.63, 3.8) is 0 Å². The van der Waals surface area contributed by atoms with Gasteiger partial charge < -0.3 is 14.5 Å². The predicted molar refractivity (Wildman–Crippen MR) is 88.0 cm³/mol. The lowest BCUT2D eigenvalue weighted by Crippen LogP contribution is -2.41. The number of anilines is 2. The van der Waals surface area contributed by atoms with E-state index >= 15 is 0 Å². The van der Waals surface area contributed by atoms with Crippen molar-refractivity contribution in [2.45, 2.75) is 6.92 Å². The molecule has 1 aliphatic heterocycles. The number of benzene rings is 1. The minimum Gasteiger partial charge on any atom is -0.378 e. The van der Waals surface area contributed by atoms with Crippen molar-refractivity contribution in [3.8, 4) is 0 Å². The van der Waals surface area contributed by atoms with Crippen molar-refractivity contribution < 1.29 is 9.53 Å². The maximum Gasteiger partial charge on any atom is 0.272 e. The second-order valence-electron chi connectivity index (χ2n) is 5.49. The number of hydrogen-bond donors (Lipinski definition) is 0. The molecule has 2 aromatic rings. The topological polar surface area (TPSA) is 58.6 Å². The van der Waals surface area contributed by atoms with Crippen molar-refractivity contribution in [2.24, 2.45) is 0 Å². The van der Waals surface area contributed by atoms with Crippen molar-refractivity contribution in [1.29, 1.82) is 0 Å². The first-order valence-corrected chi connectivity index (χ1v) is 7.66. The van der Waals surface area contributed by atoms with Crippen LogP contribution >= 0.6 is 0 Å². The summed E-state index contributed by atoms with van der Waals surface area (Å²) in [6.45, 7) is 4.23. The second-order valence-corrected chi connectivity index (χ2v) is 5.49. The molecular weight excluding hydrogens is 292 g/mol. The monoisotopic (exact) mass is 312 g/mol. The van der Waals surface area contributed by atoms with Gasteiger partial charge in [0.1, 0.15) is 5.69 Å². The molecule has 0 unspecified atom stereocenters. The van der Waals surface area contributed by atoms with E-state index in [9.17, 15) is 4.79 Å². The number of para-hydroxylation sites is 1. The Morgan fingerprint density at radius 1 is 1.17 bits per heavy atom. The van der Waals surface area contributed by atoms with E-state index in [4.69, 9.17) is 4.74 Å². The largest absolute Gasteiger partial charge is 0.378 e. The quantitative estimate of drug-likeness (QED) is 0.868. The predicted octanol–water partition coefficient (Wildman–Crippen LogP) is 2.03. The van der Waals surface area contributed by atoms with E-state index in [-0.39, 0.29) is 5.91 Å². The zero-order valence-corrected chi connectivity index (χ0v) is 13.4. The van der Waals surface area contributed by atoms with E-state index in [0.29, 0.717) is 37.9 Å². The van der Waals surface area contributed by atoms with E-state index < -0.39 is 0 Å². The van der Waals surface area contributed by atoms with Gasteiger partial charge in [0, 0.05) is 31.5 Å². The maximum atomic E-state index is 12.6. The SMILES string of the molecule is Cc1cc(C(=O)N2CCOCC2)nc(N(C)c2ccccc2)n1. The second kappa shape index (κ2) is 6.75. The number of aryl methyl sites for hydroxylation is 1. The highest BCUT2D eigenvalue weighted by molar-refractivity contribution is 5.92. The Labute approximate surface area is 135 Å². The molecule has 0 saturated carbocycles. The Kier molecular flexibility index (Phi) is 4.52. The molecule has 1 aliphatic rings. The normalized spacial score (nSPS) is 14.6. The van der Waals surface area contributed by atoms with Crippen LogP contribution in [-0.4, -0.2) is 54.1 Å². The fourth-order valence-electron chi connectivity index (χ4n) is 2.51. The first-order valence-electron chi connectivity index (χ1n) is 7.66. The zero-order chi connectivity index (χ0) is 16.2. The molecule has 0 bridgehead atoms. The summed E-state index contributed by atoms with van der Waals surface area (Å²) in [5.74, 6) is 0.453. The molecule has 6 heteroatoms. The minimum absolute atomic E-state index is 0.0680. The Morgan fingerprint density at radius 3 is 2.57 bits per heavy atom. The molecule has 1 aromatic heterocycles. The van der Waals surface area contributed by atoms with Crippen LogP contribution < -0.4 is 4.90 Å². The van der Waals surface area contributed by atoms with Gasteiger partial charge >= 0.3 is 0 Å². The molecule has 23 heavy (non-hydrogen) atoms. The number of carbonyl (C=O) groups excluding carboxylic acids is 1. The first-order chi connectivity index (χ1) is 11.1. The summed E-state index contributed by atoms with van der Waals surface area (Å²) in [5, 5.41) is 0. The van der Waals surface area contributed by atoms with E-state index in [2.05, 4.69) is 9.97 Å². The van der Waals surface area contributed by atoms with Crippen LogP contribution in [-0.2, 0) is 4.74 Å². The molecule has 0 radical (unpaired) electrons. The molecule has 0 spiro atoms. The average Bonchev–Trinajstić information content (AvgIpc) is 2.61. The van der Waals surface area contributed by atoms with Crippen LogP contribution in [0.1, 0.15) is 16.2 Å². The van der Waals surface area contributed by atoms with Gasteiger partial charge in [-0.3, -0.25) is 4.79 Å². The van der Waals surface area contributed by atoms with Gasteiger partial charge in [-0.1, -0.05) is 18.2 Å². The molecular formula is C17H20N4O2. The summed E-state index contributed by atoms with van der Waals surface area (Å²) in [6.07, 6.45) is 0. The van der Waals surface area contributed by atoms with E-state index in [1.54, 1.807) is 11.0 Å². The number of carbonyl (C=O) groups is 1. The van der Waals surface area contributed by atoms with Crippen LogP contribution in [0.2, 0.25) is 0 Å². The Morgan fingerprint density at radius 2 is 1.87 bits per heavy atom. The number of hydrogen-bond acceptors (Lipinski definition) is 5. The minimum atomic E-state index is -0.0680. The Hall–Kier alpha value is -2.47. The van der Waals surface area contributed by atoms with Gasteiger partial charge in [-0.15, -0.1) is 0 Å². The zero-order valence-electron chi connectivity index (χ0n) is 13.4. The number of amides is 1. The Bertz CT molecular complexity index is 684. The van der Waals surface area contributed by atoms with E-state index in [1.807, 2.05) is 49.2 Å². The molecule has 1 aromatic carbocycles. The van der Waals surface area contributed by atoms with Gasteiger partial charge in [0.15, 0.2) is 0 Å². The molecule has 3 rings (SSSR count). The van der Waals surface area contributed by atoms with Crippen LogP contribution in [0, 0.1) is 6.92 Å². The lowest BCUT2D eigenvalue weighted by molar-refractivity contribution is 0.0299. The van der Waals surface area contributed by atoms with Crippen molar-refractivity contribution in [3.05, 3.63) is 47.8 Å². The molecule has 0 N–H and O–H groups in total. The summed E-state index contributed by atoms with van der Waals surface area (Å²) in [5.41, 5.74) is 2.18. The smallest absolute Gasteiger partial charge is 0.272 e. The summed E-state index contributed by atoms with van der Waals surface area (Å²) < 4.78 is 5.29. The third kappa shape index (κ3) is 3.48. The fourth-order valence-corrected chi connectivity index (χ4v) is 2.51. The Balaban J connectivity index is 1.88. The lowest BCUT2D eigenvalue weighted by atomic mass is 10.2. The molecule has 1 amide bonds. The van der Waals surface area contributed by atoms with Crippen LogP contribution in [0.4, 0.5) is 11.6 Å². The summed E-state index contributed by atoms with van der Waals surface area (Å²) in [4.78, 5) is 25.2. The molecule has 0 aliphatic carbocycles. The van der Waals surface area contributed by atoms with Crippen molar-refractivity contribution >= 4 is 17.5 Å². The van der Waals surface area contributed by atoms with Gasteiger partial charge in [-0.25, -0.2) is 9.97 Å². The summed E-state index contributed by atoms with van der Waals surface area (Å²) >= 11 is 0. The number of nitrogens with zero attached hydrogens (tertiary/aromatic N) is 4. The van der Waals surface area contributed by atoms with Gasteiger partial charge in [0.2, 0.25) is 5.95 Å². The molecule has 120 valence electrons. The highest BCUT2D eigenvalue weighted by Crippen LogP contribution is 2.20. The van der Waals surface area contributed by atoms with Gasteiger partial charge in [0.05, 0.1) is 13.2 Å². The van der Waals surface area contributed by atoms with Gasteiger partial charge in [-0.2, -0.15) is 0 Å². The average molecular weight is 312 g/mol. The lowest BCUT2D eigenvalue weighted by Gasteiger charge is -2.27. The fraction of sp³-hybridized carbons (Fsp3) is 0.353. The third-order valence-corrected chi connectivity index (χ3v) is 3.80. The highest BCUT2D eigenvalue weighted by atomic mass is 16.5. The highest BCUT2D eigenvalue weighted by Gasteiger charge is 2.21. The van der Waals surface area contributed by atoms with Gasteiger partial charge in [0.25, 0.3) is 5.91 Å². The summed E-state index contributed by atoms with van der Waals surface area (Å²) in [7, 11) is 1.90. The molecule has 1 fully saturated rings. The number of rotatable bonds is 3. The van der Waals surface area contributed by atoms with Crippen LogP contribution in [0.25, 0.3) is 0 Å². The molecule has 1 saturated heterocycles. The van der Waals surface area contributed by atoms with Crippen molar-refractivity contribution in [1.82, 2.24) is 14.9 Å². The van der Waals surface area contributed by atoms with E-state index in [0.717, 1.165) is 11.4 Å². The van der Waals surface area contributed by atoms with Crippen LogP contribution in [0.3, 0.4) is 0 Å². The standard InChI is InChI=1S/C17H20N4O2/c1-13-12-15(16(22)21-8-10-23-11-9-21)19-17(18-13)20(2)14-6-4-3-5-7-14/h3-7,12H,8-11H2,1-2H3.